The summed E-state index contributed by atoms with van der Waals surface area (Å²) in [5.41, 5.74) is 2.69. The van der Waals surface area contributed by atoms with Gasteiger partial charge in [0.25, 0.3) is 5.91 Å². The first-order chi connectivity index (χ1) is 17.8. The maximum Gasteiger partial charge on any atom is 0.261 e. The SMILES string of the molecule is Cn1nc(CN(C(=O)c2ccccc2F)c2ccccc2)c2c1CCN(S(=O)(=O)c1ccccc1Cl)C2. The van der Waals surface area contributed by atoms with Crippen LogP contribution < -0.4 is 4.90 Å². The number of aryl methyl sites for hydroxylation is 1. The third kappa shape index (κ3) is 4.77. The minimum Gasteiger partial charge on any atom is -0.302 e. The first-order valence-electron chi connectivity index (χ1n) is 11.7. The highest BCUT2D eigenvalue weighted by molar-refractivity contribution is 7.89. The van der Waals surface area contributed by atoms with Gasteiger partial charge in [-0.3, -0.25) is 9.48 Å². The number of anilines is 1. The number of carbonyl (C=O) groups is 1. The van der Waals surface area contributed by atoms with Gasteiger partial charge in [-0.15, -0.1) is 0 Å². The number of nitrogens with zero attached hydrogens (tertiary/aromatic N) is 4. The number of para-hydroxylation sites is 1. The maximum atomic E-state index is 14.6. The second kappa shape index (κ2) is 10.1. The van der Waals surface area contributed by atoms with E-state index in [0.717, 1.165) is 11.3 Å². The number of aromatic nitrogens is 2. The van der Waals surface area contributed by atoms with Gasteiger partial charge >= 0.3 is 0 Å². The van der Waals surface area contributed by atoms with Crippen molar-refractivity contribution in [1.82, 2.24) is 14.1 Å². The van der Waals surface area contributed by atoms with Crippen LogP contribution in [-0.4, -0.2) is 35.0 Å². The van der Waals surface area contributed by atoms with Gasteiger partial charge in [0.1, 0.15) is 10.7 Å². The highest BCUT2D eigenvalue weighted by Gasteiger charge is 2.34. The Hall–Kier alpha value is -3.53. The van der Waals surface area contributed by atoms with E-state index in [9.17, 15) is 17.6 Å². The summed E-state index contributed by atoms with van der Waals surface area (Å²) < 4.78 is 44.5. The molecule has 0 atom stereocenters. The van der Waals surface area contributed by atoms with E-state index < -0.39 is 21.7 Å². The zero-order valence-corrected chi connectivity index (χ0v) is 21.6. The van der Waals surface area contributed by atoms with E-state index >= 15 is 0 Å². The van der Waals surface area contributed by atoms with Gasteiger partial charge in [0, 0.05) is 43.5 Å². The average molecular weight is 539 g/mol. The van der Waals surface area contributed by atoms with Crippen molar-refractivity contribution in [3.63, 3.8) is 0 Å². The van der Waals surface area contributed by atoms with Crippen molar-refractivity contribution in [2.75, 3.05) is 11.4 Å². The number of hydrogen-bond donors (Lipinski definition) is 0. The minimum atomic E-state index is -3.85. The molecule has 0 N–H and O–H groups in total. The third-order valence-corrected chi connectivity index (χ3v) is 8.82. The molecule has 0 saturated carbocycles. The van der Waals surface area contributed by atoms with Crippen LogP contribution in [-0.2, 0) is 36.6 Å². The molecule has 1 aliphatic rings. The molecule has 7 nitrogen and oxygen atoms in total. The average Bonchev–Trinajstić information content (AvgIpc) is 3.22. The fourth-order valence-electron chi connectivity index (χ4n) is 4.59. The van der Waals surface area contributed by atoms with Gasteiger partial charge < -0.3 is 4.90 Å². The Labute approximate surface area is 219 Å². The predicted octanol–water partition coefficient (Wildman–Crippen LogP) is 4.81. The zero-order chi connectivity index (χ0) is 26.2. The smallest absolute Gasteiger partial charge is 0.261 e. The van der Waals surface area contributed by atoms with Crippen molar-refractivity contribution in [3.8, 4) is 0 Å². The number of amides is 1. The molecule has 37 heavy (non-hydrogen) atoms. The lowest BCUT2D eigenvalue weighted by molar-refractivity contribution is 0.0980. The number of hydrogen-bond acceptors (Lipinski definition) is 4. The Morgan fingerprint density at radius 2 is 1.70 bits per heavy atom. The minimum absolute atomic E-state index is 0.0420. The summed E-state index contributed by atoms with van der Waals surface area (Å²) in [7, 11) is -2.06. The van der Waals surface area contributed by atoms with Gasteiger partial charge in [-0.2, -0.15) is 9.40 Å². The van der Waals surface area contributed by atoms with E-state index in [0.29, 0.717) is 17.8 Å². The number of rotatable bonds is 6. The van der Waals surface area contributed by atoms with Crippen LogP contribution in [0.2, 0.25) is 5.02 Å². The topological polar surface area (TPSA) is 75.5 Å². The zero-order valence-electron chi connectivity index (χ0n) is 20.0. The standard InChI is InChI=1S/C27H24ClFN4O3S/c1-31-25-15-16-32(37(35,36)26-14-8-6-12-22(26)28)17-21(25)24(30-31)18-33(19-9-3-2-4-10-19)27(34)20-11-5-7-13-23(20)29/h2-14H,15-18H2,1H3. The molecule has 10 heteroatoms. The molecule has 0 radical (unpaired) electrons. The molecule has 1 aliphatic heterocycles. The molecule has 1 amide bonds. The maximum absolute atomic E-state index is 14.6. The molecule has 0 saturated heterocycles. The molecule has 0 unspecified atom stereocenters. The molecule has 0 bridgehead atoms. The normalized spacial score (nSPS) is 13.8. The van der Waals surface area contributed by atoms with Crippen LogP contribution in [0.3, 0.4) is 0 Å². The van der Waals surface area contributed by atoms with Gasteiger partial charge in [0.05, 0.1) is 22.8 Å². The highest BCUT2D eigenvalue weighted by atomic mass is 35.5. The van der Waals surface area contributed by atoms with Crippen molar-refractivity contribution in [3.05, 3.63) is 112 Å². The Bertz CT molecular complexity index is 1570. The lowest BCUT2D eigenvalue weighted by Crippen LogP contribution is -2.37. The van der Waals surface area contributed by atoms with Gasteiger partial charge in [-0.25, -0.2) is 12.8 Å². The Balaban J connectivity index is 1.52. The van der Waals surface area contributed by atoms with E-state index in [1.807, 2.05) is 6.07 Å². The largest absolute Gasteiger partial charge is 0.302 e. The van der Waals surface area contributed by atoms with Crippen molar-refractivity contribution >= 4 is 33.2 Å². The summed E-state index contributed by atoms with van der Waals surface area (Å²) >= 11 is 6.21. The quantitative estimate of drug-likeness (QED) is 0.353. The van der Waals surface area contributed by atoms with Gasteiger partial charge in [-0.1, -0.05) is 54.1 Å². The number of fused-ring (bicyclic) bond motifs is 1. The Kier molecular flexibility index (Phi) is 6.85. The molecular weight excluding hydrogens is 515 g/mol. The molecule has 4 aromatic rings. The van der Waals surface area contributed by atoms with Crippen molar-refractivity contribution in [2.45, 2.75) is 24.4 Å². The van der Waals surface area contributed by atoms with E-state index in [4.69, 9.17) is 11.6 Å². The fraction of sp³-hybridized carbons (Fsp3) is 0.185. The summed E-state index contributed by atoms with van der Waals surface area (Å²) in [6, 6.07) is 21.1. The summed E-state index contributed by atoms with van der Waals surface area (Å²) in [4.78, 5) is 15.0. The van der Waals surface area contributed by atoms with Crippen molar-refractivity contribution in [1.29, 1.82) is 0 Å². The highest BCUT2D eigenvalue weighted by Crippen LogP contribution is 2.31. The summed E-state index contributed by atoms with van der Waals surface area (Å²) in [5, 5.41) is 4.80. The van der Waals surface area contributed by atoms with Crippen LogP contribution in [0, 0.1) is 5.82 Å². The molecule has 5 rings (SSSR count). The molecular formula is C27H24ClFN4O3S. The van der Waals surface area contributed by atoms with Crippen LogP contribution in [0.15, 0.2) is 83.8 Å². The van der Waals surface area contributed by atoms with Crippen LogP contribution in [0.4, 0.5) is 10.1 Å². The lowest BCUT2D eigenvalue weighted by Gasteiger charge is -2.28. The molecule has 2 heterocycles. The molecule has 0 aliphatic carbocycles. The number of carbonyl (C=O) groups excluding carboxylic acids is 1. The van der Waals surface area contributed by atoms with Gasteiger partial charge in [-0.05, 0) is 36.4 Å². The molecule has 190 valence electrons. The number of sulfonamides is 1. The lowest BCUT2D eigenvalue weighted by atomic mass is 10.1. The first-order valence-corrected chi connectivity index (χ1v) is 13.5. The number of halogens is 2. The number of benzene rings is 3. The third-order valence-electron chi connectivity index (χ3n) is 6.47. The predicted molar refractivity (Wildman–Crippen MR) is 139 cm³/mol. The Morgan fingerprint density at radius 1 is 1.03 bits per heavy atom. The second-order valence-electron chi connectivity index (χ2n) is 8.72. The van der Waals surface area contributed by atoms with Gasteiger partial charge in [0.2, 0.25) is 10.0 Å². The van der Waals surface area contributed by atoms with Crippen molar-refractivity contribution < 1.29 is 17.6 Å². The first kappa shape index (κ1) is 25.1. The summed E-state index contributed by atoms with van der Waals surface area (Å²) in [6.07, 6.45) is 0.453. The molecule has 0 fully saturated rings. The fourth-order valence-corrected chi connectivity index (χ4v) is 6.49. The van der Waals surface area contributed by atoms with Crippen LogP contribution >= 0.6 is 11.6 Å². The molecule has 0 spiro atoms. The van der Waals surface area contributed by atoms with Crippen molar-refractivity contribution in [2.24, 2.45) is 7.05 Å². The van der Waals surface area contributed by atoms with E-state index in [-0.39, 0.29) is 35.1 Å². The second-order valence-corrected chi connectivity index (χ2v) is 11.0. The van der Waals surface area contributed by atoms with E-state index in [1.54, 1.807) is 60.3 Å². The van der Waals surface area contributed by atoms with Crippen LogP contribution in [0.1, 0.15) is 27.3 Å². The summed E-state index contributed by atoms with van der Waals surface area (Å²) in [5.74, 6) is -1.13. The monoisotopic (exact) mass is 538 g/mol. The van der Waals surface area contributed by atoms with Gasteiger partial charge in [0.15, 0.2) is 0 Å². The van der Waals surface area contributed by atoms with E-state index in [1.165, 1.54) is 33.5 Å². The van der Waals surface area contributed by atoms with Crippen LogP contribution in [0.25, 0.3) is 0 Å². The summed E-state index contributed by atoms with van der Waals surface area (Å²) in [6.45, 7) is 0.402. The molecule has 3 aromatic carbocycles. The Morgan fingerprint density at radius 3 is 2.43 bits per heavy atom. The molecule has 1 aromatic heterocycles. The van der Waals surface area contributed by atoms with E-state index in [2.05, 4.69) is 5.10 Å². The van der Waals surface area contributed by atoms with Crippen LogP contribution in [0.5, 0.6) is 0 Å².